The van der Waals surface area contributed by atoms with Crippen LogP contribution in [0.4, 0.5) is 5.69 Å². The predicted octanol–water partition coefficient (Wildman–Crippen LogP) is 1.06. The molecule has 0 radical (unpaired) electrons. The molecule has 5 N–H and O–H groups in total. The minimum absolute atomic E-state index is 0.141. The number of thiocarbonyl (C=S) groups is 1. The van der Waals surface area contributed by atoms with Crippen molar-refractivity contribution in [1.82, 2.24) is 0 Å². The van der Waals surface area contributed by atoms with Crippen LogP contribution in [0.2, 0.25) is 0 Å². The molecule has 102 valence electrons. The fraction of sp³-hybridized carbons (Fsp3) is 0.250. The van der Waals surface area contributed by atoms with Gasteiger partial charge in [-0.05, 0) is 36.3 Å². The maximum Gasteiger partial charge on any atom is 0.307 e. The molecule has 0 saturated carbocycles. The molecule has 0 aliphatic heterocycles. The van der Waals surface area contributed by atoms with Crippen molar-refractivity contribution >= 4 is 35.0 Å². The van der Waals surface area contributed by atoms with Crippen LogP contribution in [0.5, 0.6) is 0 Å². The van der Waals surface area contributed by atoms with Crippen LogP contribution in [-0.2, 0) is 16.0 Å². The van der Waals surface area contributed by atoms with Crippen molar-refractivity contribution in [3.63, 3.8) is 0 Å². The Morgan fingerprint density at radius 3 is 2.26 bits per heavy atom. The lowest BCUT2D eigenvalue weighted by atomic mass is 9.96. The minimum Gasteiger partial charge on any atom is -0.481 e. The summed E-state index contributed by atoms with van der Waals surface area (Å²) in [6, 6.07) is 6.82. The van der Waals surface area contributed by atoms with Crippen LogP contribution in [0.1, 0.15) is 12.0 Å². The molecule has 1 atom stereocenters. The number of carboxylic acid groups (broad SMARTS) is 2. The molecule has 0 spiro atoms. The maximum absolute atomic E-state index is 10.9. The van der Waals surface area contributed by atoms with Crippen molar-refractivity contribution in [1.29, 1.82) is 0 Å². The van der Waals surface area contributed by atoms with Gasteiger partial charge in [-0.25, -0.2) is 0 Å². The maximum atomic E-state index is 10.9. The summed E-state index contributed by atoms with van der Waals surface area (Å²) in [5, 5.41) is 20.5. The van der Waals surface area contributed by atoms with E-state index in [-0.39, 0.29) is 11.5 Å². The highest BCUT2D eigenvalue weighted by Crippen LogP contribution is 2.16. The van der Waals surface area contributed by atoms with Crippen molar-refractivity contribution in [2.24, 2.45) is 11.7 Å². The van der Waals surface area contributed by atoms with Gasteiger partial charge in [-0.15, -0.1) is 0 Å². The molecule has 1 rings (SSSR count). The van der Waals surface area contributed by atoms with Crippen LogP contribution >= 0.6 is 12.2 Å². The lowest BCUT2D eigenvalue weighted by Gasteiger charge is -2.10. The Bertz CT molecular complexity index is 487. The average molecular weight is 282 g/mol. The molecule has 7 heteroatoms. The third-order valence-electron chi connectivity index (χ3n) is 2.47. The standard InChI is InChI=1S/C12H14N2O4S/c13-12(19)14-9-3-1-7(2-4-9)5-8(11(17)18)6-10(15)16/h1-4,8H,5-6H2,(H,15,16)(H,17,18)(H3,13,14,19). The van der Waals surface area contributed by atoms with E-state index >= 15 is 0 Å². The van der Waals surface area contributed by atoms with Gasteiger partial charge in [0.2, 0.25) is 0 Å². The second kappa shape index (κ2) is 6.69. The monoisotopic (exact) mass is 282 g/mol. The molecule has 1 aromatic rings. The molecule has 0 amide bonds. The Morgan fingerprint density at radius 1 is 1.26 bits per heavy atom. The van der Waals surface area contributed by atoms with Crippen LogP contribution < -0.4 is 11.1 Å². The molecule has 0 aromatic heterocycles. The molecule has 1 unspecified atom stereocenters. The summed E-state index contributed by atoms with van der Waals surface area (Å²) in [5.41, 5.74) is 6.75. The van der Waals surface area contributed by atoms with E-state index in [4.69, 9.17) is 15.9 Å². The highest BCUT2D eigenvalue weighted by atomic mass is 32.1. The van der Waals surface area contributed by atoms with E-state index in [1.807, 2.05) is 0 Å². The van der Waals surface area contributed by atoms with E-state index in [0.29, 0.717) is 5.69 Å². The van der Waals surface area contributed by atoms with Gasteiger partial charge in [0.15, 0.2) is 5.11 Å². The summed E-state index contributed by atoms with van der Waals surface area (Å²) in [6.07, 6.45) is -0.239. The second-order valence-corrected chi connectivity index (χ2v) is 4.46. The second-order valence-electron chi connectivity index (χ2n) is 4.02. The summed E-state index contributed by atoms with van der Waals surface area (Å²) in [4.78, 5) is 21.5. The molecule has 0 heterocycles. The summed E-state index contributed by atoms with van der Waals surface area (Å²) in [6.45, 7) is 0. The van der Waals surface area contributed by atoms with Crippen LogP contribution in [0.25, 0.3) is 0 Å². The van der Waals surface area contributed by atoms with E-state index < -0.39 is 24.3 Å². The van der Waals surface area contributed by atoms with E-state index in [1.165, 1.54) is 0 Å². The van der Waals surface area contributed by atoms with Gasteiger partial charge in [-0.3, -0.25) is 9.59 Å². The van der Waals surface area contributed by atoms with Crippen LogP contribution in [0.3, 0.4) is 0 Å². The topological polar surface area (TPSA) is 113 Å². The molecule has 6 nitrogen and oxygen atoms in total. The van der Waals surface area contributed by atoms with Gasteiger partial charge in [-0.1, -0.05) is 12.1 Å². The zero-order valence-corrected chi connectivity index (χ0v) is 10.8. The fourth-order valence-electron chi connectivity index (χ4n) is 1.61. The van der Waals surface area contributed by atoms with Gasteiger partial charge in [0, 0.05) is 5.69 Å². The molecule has 1 aromatic carbocycles. The number of nitrogens with one attached hydrogen (secondary N) is 1. The Kier molecular flexibility index (Phi) is 5.25. The molecule has 0 aliphatic rings. The highest BCUT2D eigenvalue weighted by molar-refractivity contribution is 7.80. The number of nitrogens with two attached hydrogens (primary N) is 1. The highest BCUT2D eigenvalue weighted by Gasteiger charge is 2.21. The van der Waals surface area contributed by atoms with Crippen LogP contribution in [0.15, 0.2) is 24.3 Å². The Labute approximate surface area is 115 Å². The normalized spacial score (nSPS) is 11.6. The van der Waals surface area contributed by atoms with Crippen molar-refractivity contribution in [2.75, 3.05) is 5.32 Å². The first-order valence-electron chi connectivity index (χ1n) is 5.48. The minimum atomic E-state index is -1.13. The number of carboxylic acids is 2. The van der Waals surface area contributed by atoms with E-state index in [9.17, 15) is 9.59 Å². The number of benzene rings is 1. The van der Waals surface area contributed by atoms with Crippen molar-refractivity contribution in [3.05, 3.63) is 29.8 Å². The van der Waals surface area contributed by atoms with Gasteiger partial charge in [-0.2, -0.15) is 0 Å². The zero-order chi connectivity index (χ0) is 14.4. The van der Waals surface area contributed by atoms with Gasteiger partial charge in [0.1, 0.15) is 0 Å². The first-order valence-corrected chi connectivity index (χ1v) is 5.89. The Balaban J connectivity index is 2.72. The largest absolute Gasteiger partial charge is 0.481 e. The first kappa shape index (κ1) is 14.9. The lowest BCUT2D eigenvalue weighted by Crippen LogP contribution is -2.20. The van der Waals surface area contributed by atoms with Gasteiger partial charge >= 0.3 is 11.9 Å². The van der Waals surface area contributed by atoms with Crippen molar-refractivity contribution in [2.45, 2.75) is 12.8 Å². The first-order chi connectivity index (χ1) is 8.88. The zero-order valence-electron chi connectivity index (χ0n) is 10.00. The summed E-state index contributed by atoms with van der Waals surface area (Å²) >= 11 is 4.69. The molecule has 0 aliphatic carbocycles. The van der Waals surface area contributed by atoms with Crippen molar-refractivity contribution in [3.8, 4) is 0 Å². The molecule has 0 bridgehead atoms. The summed E-state index contributed by atoms with van der Waals surface area (Å²) < 4.78 is 0. The quantitative estimate of drug-likeness (QED) is 0.577. The van der Waals surface area contributed by atoms with Gasteiger partial charge < -0.3 is 21.3 Å². The molecular weight excluding hydrogens is 268 g/mol. The number of anilines is 1. The fourth-order valence-corrected chi connectivity index (χ4v) is 1.73. The molecule has 0 saturated heterocycles. The lowest BCUT2D eigenvalue weighted by molar-refractivity contribution is -0.148. The van der Waals surface area contributed by atoms with E-state index in [0.717, 1.165) is 5.56 Å². The van der Waals surface area contributed by atoms with E-state index in [1.54, 1.807) is 24.3 Å². The van der Waals surface area contributed by atoms with Gasteiger partial charge in [0.05, 0.1) is 12.3 Å². The predicted molar refractivity (Wildman–Crippen MR) is 73.9 cm³/mol. The summed E-state index contributed by atoms with van der Waals surface area (Å²) in [5.74, 6) is -3.18. The molecule has 19 heavy (non-hydrogen) atoms. The number of hydrogen-bond donors (Lipinski definition) is 4. The number of hydrogen-bond acceptors (Lipinski definition) is 3. The van der Waals surface area contributed by atoms with Crippen LogP contribution in [-0.4, -0.2) is 27.3 Å². The average Bonchev–Trinajstić information content (AvgIpc) is 2.29. The molecular formula is C12H14N2O4S. The Morgan fingerprint density at radius 2 is 1.84 bits per heavy atom. The Hall–Kier alpha value is -2.15. The van der Waals surface area contributed by atoms with E-state index in [2.05, 4.69) is 17.5 Å². The number of aliphatic carboxylic acids is 2. The number of carbonyl (C=O) groups is 2. The SMILES string of the molecule is NC(=S)Nc1ccc(CC(CC(=O)O)C(=O)O)cc1. The summed E-state index contributed by atoms with van der Waals surface area (Å²) in [7, 11) is 0. The smallest absolute Gasteiger partial charge is 0.307 e. The third-order valence-corrected chi connectivity index (χ3v) is 2.58. The number of rotatable bonds is 6. The van der Waals surface area contributed by atoms with Gasteiger partial charge in [0.25, 0.3) is 0 Å². The third kappa shape index (κ3) is 5.35. The van der Waals surface area contributed by atoms with Crippen LogP contribution in [0, 0.1) is 5.92 Å². The molecule has 0 fully saturated rings. The van der Waals surface area contributed by atoms with Crippen molar-refractivity contribution < 1.29 is 19.8 Å².